The van der Waals surface area contributed by atoms with E-state index in [9.17, 15) is 5.11 Å². The van der Waals surface area contributed by atoms with E-state index in [-0.39, 0.29) is 5.41 Å². The number of β-amino-alcohol motifs (C(OH)–C–C–N with tert-alkyl or cyclic N) is 1. The molecule has 0 saturated carbocycles. The first-order valence-corrected chi connectivity index (χ1v) is 6.94. The van der Waals surface area contributed by atoms with Crippen molar-refractivity contribution >= 4 is 0 Å². The van der Waals surface area contributed by atoms with Gasteiger partial charge >= 0.3 is 0 Å². The lowest BCUT2D eigenvalue weighted by atomic mass is 9.87. The molecule has 106 valence electrons. The van der Waals surface area contributed by atoms with Crippen LogP contribution in [0.4, 0.5) is 0 Å². The fourth-order valence-electron chi connectivity index (χ4n) is 2.42. The Morgan fingerprint density at radius 1 is 1.21 bits per heavy atom. The van der Waals surface area contributed by atoms with Gasteiger partial charge in [-0.3, -0.25) is 4.90 Å². The highest BCUT2D eigenvalue weighted by Gasteiger charge is 2.35. The summed E-state index contributed by atoms with van der Waals surface area (Å²) >= 11 is 0. The van der Waals surface area contributed by atoms with Crippen LogP contribution in [-0.2, 0) is 5.41 Å². The molecule has 0 aromatic heterocycles. The van der Waals surface area contributed by atoms with Crippen molar-refractivity contribution in [1.29, 1.82) is 0 Å². The van der Waals surface area contributed by atoms with E-state index in [1.165, 1.54) is 5.56 Å². The van der Waals surface area contributed by atoms with Crippen LogP contribution in [0.3, 0.4) is 0 Å². The van der Waals surface area contributed by atoms with Gasteiger partial charge in [-0.25, -0.2) is 0 Å². The van der Waals surface area contributed by atoms with Crippen LogP contribution in [0.15, 0.2) is 24.3 Å². The summed E-state index contributed by atoms with van der Waals surface area (Å²) in [5.41, 5.74) is 1.01. The van der Waals surface area contributed by atoms with Crippen molar-refractivity contribution in [3.8, 4) is 5.75 Å². The Balaban J connectivity index is 1.75. The van der Waals surface area contributed by atoms with E-state index in [1.54, 1.807) is 0 Å². The zero-order chi connectivity index (χ0) is 14.1. The van der Waals surface area contributed by atoms with Crippen molar-refractivity contribution in [3.63, 3.8) is 0 Å². The zero-order valence-electron chi connectivity index (χ0n) is 12.4. The maximum absolute atomic E-state index is 9.62. The molecular weight excluding hydrogens is 238 g/mol. The number of aliphatic hydroxyl groups is 1. The van der Waals surface area contributed by atoms with Crippen LogP contribution in [0.2, 0.25) is 0 Å². The van der Waals surface area contributed by atoms with Crippen molar-refractivity contribution in [2.75, 3.05) is 26.2 Å². The van der Waals surface area contributed by atoms with Gasteiger partial charge in [0.2, 0.25) is 0 Å². The predicted molar refractivity (Wildman–Crippen MR) is 77.7 cm³/mol. The summed E-state index contributed by atoms with van der Waals surface area (Å²) in [5.74, 6) is 0.917. The Hall–Kier alpha value is -1.06. The first kappa shape index (κ1) is 14.4. The number of hydrogen-bond donors (Lipinski definition) is 1. The van der Waals surface area contributed by atoms with Crippen molar-refractivity contribution in [2.45, 2.75) is 38.7 Å². The normalized spacial score (nSPS) is 19.0. The summed E-state index contributed by atoms with van der Waals surface area (Å²) in [6.07, 6.45) is 0. The smallest absolute Gasteiger partial charge is 0.119 e. The molecule has 0 unspecified atom stereocenters. The van der Waals surface area contributed by atoms with Crippen molar-refractivity contribution in [2.24, 2.45) is 0 Å². The molecule has 1 saturated heterocycles. The van der Waals surface area contributed by atoms with Crippen LogP contribution in [-0.4, -0.2) is 41.8 Å². The van der Waals surface area contributed by atoms with Crippen molar-refractivity contribution in [3.05, 3.63) is 29.8 Å². The second-order valence-electron chi connectivity index (χ2n) is 6.83. The first-order valence-electron chi connectivity index (χ1n) is 6.94. The topological polar surface area (TPSA) is 32.7 Å². The Morgan fingerprint density at radius 2 is 1.79 bits per heavy atom. The van der Waals surface area contributed by atoms with E-state index in [1.807, 2.05) is 19.1 Å². The maximum atomic E-state index is 9.62. The number of hydrogen-bond acceptors (Lipinski definition) is 3. The third kappa shape index (κ3) is 3.95. The highest BCUT2D eigenvalue weighted by molar-refractivity contribution is 5.31. The Bertz CT molecular complexity index is 409. The first-order chi connectivity index (χ1) is 8.76. The largest absolute Gasteiger partial charge is 0.492 e. The monoisotopic (exact) mass is 263 g/mol. The average Bonchev–Trinajstić information content (AvgIpc) is 2.26. The van der Waals surface area contributed by atoms with Crippen LogP contribution in [0, 0.1) is 0 Å². The van der Waals surface area contributed by atoms with Gasteiger partial charge in [-0.15, -0.1) is 0 Å². The molecule has 0 atom stereocenters. The molecule has 1 N–H and O–H groups in total. The van der Waals surface area contributed by atoms with Gasteiger partial charge < -0.3 is 9.84 Å². The highest BCUT2D eigenvalue weighted by Crippen LogP contribution is 2.24. The third-order valence-electron chi connectivity index (χ3n) is 3.53. The fourth-order valence-corrected chi connectivity index (χ4v) is 2.42. The summed E-state index contributed by atoms with van der Waals surface area (Å²) in [5, 5.41) is 9.62. The van der Waals surface area contributed by atoms with Crippen LogP contribution in [0.25, 0.3) is 0 Å². The summed E-state index contributed by atoms with van der Waals surface area (Å²) in [6, 6.07) is 8.33. The summed E-state index contributed by atoms with van der Waals surface area (Å²) in [4.78, 5) is 2.20. The molecular formula is C16H25NO2. The van der Waals surface area contributed by atoms with Gasteiger partial charge in [0, 0.05) is 19.6 Å². The van der Waals surface area contributed by atoms with E-state index in [0.29, 0.717) is 6.61 Å². The van der Waals surface area contributed by atoms with E-state index in [4.69, 9.17) is 4.74 Å². The molecule has 0 amide bonds. The molecule has 1 fully saturated rings. The average molecular weight is 263 g/mol. The Kier molecular flexibility index (Phi) is 3.88. The second kappa shape index (κ2) is 5.14. The van der Waals surface area contributed by atoms with Crippen LogP contribution >= 0.6 is 0 Å². The minimum Gasteiger partial charge on any atom is -0.492 e. The van der Waals surface area contributed by atoms with Crippen LogP contribution in [0.1, 0.15) is 33.3 Å². The molecule has 0 spiro atoms. The minimum atomic E-state index is -0.492. The van der Waals surface area contributed by atoms with Gasteiger partial charge in [-0.1, -0.05) is 32.9 Å². The van der Waals surface area contributed by atoms with Gasteiger partial charge in [0.05, 0.1) is 5.60 Å². The van der Waals surface area contributed by atoms with Gasteiger partial charge in [0.25, 0.3) is 0 Å². The molecule has 2 rings (SSSR count). The Labute approximate surface area is 116 Å². The van der Waals surface area contributed by atoms with Gasteiger partial charge in [0.1, 0.15) is 12.4 Å². The number of nitrogens with zero attached hydrogens (tertiary/aromatic N) is 1. The predicted octanol–water partition coefficient (Wildman–Crippen LogP) is 2.43. The molecule has 1 heterocycles. The third-order valence-corrected chi connectivity index (χ3v) is 3.53. The number of benzene rings is 1. The van der Waals surface area contributed by atoms with Gasteiger partial charge in [0.15, 0.2) is 0 Å². The maximum Gasteiger partial charge on any atom is 0.119 e. The van der Waals surface area contributed by atoms with E-state index >= 15 is 0 Å². The summed E-state index contributed by atoms with van der Waals surface area (Å²) < 4.78 is 5.72. The van der Waals surface area contributed by atoms with Gasteiger partial charge in [-0.2, -0.15) is 0 Å². The SMILES string of the molecule is CC1(O)CN(CCOc2ccc(C(C)(C)C)cc2)C1. The lowest BCUT2D eigenvalue weighted by Gasteiger charge is -2.44. The molecule has 0 radical (unpaired) electrons. The van der Waals surface area contributed by atoms with Crippen molar-refractivity contribution in [1.82, 2.24) is 4.90 Å². The fraction of sp³-hybridized carbons (Fsp3) is 0.625. The molecule has 1 aromatic carbocycles. The molecule has 0 bridgehead atoms. The molecule has 3 heteroatoms. The zero-order valence-corrected chi connectivity index (χ0v) is 12.4. The van der Waals surface area contributed by atoms with E-state index in [2.05, 4.69) is 37.8 Å². The number of ether oxygens (including phenoxy) is 1. The minimum absolute atomic E-state index is 0.182. The highest BCUT2D eigenvalue weighted by atomic mass is 16.5. The summed E-state index contributed by atoms with van der Waals surface area (Å²) in [6.45, 7) is 11.5. The van der Waals surface area contributed by atoms with Gasteiger partial charge in [-0.05, 0) is 30.0 Å². The quantitative estimate of drug-likeness (QED) is 0.905. The standard InChI is InChI=1S/C16H25NO2/c1-15(2,3)13-5-7-14(8-6-13)19-10-9-17-11-16(4,18)12-17/h5-8,18H,9-12H2,1-4H3. The lowest BCUT2D eigenvalue weighted by Crippen LogP contribution is -2.60. The second-order valence-corrected chi connectivity index (χ2v) is 6.83. The molecule has 1 aliphatic rings. The van der Waals surface area contributed by atoms with Crippen molar-refractivity contribution < 1.29 is 9.84 Å². The van der Waals surface area contributed by atoms with Crippen LogP contribution in [0.5, 0.6) is 5.75 Å². The van der Waals surface area contributed by atoms with E-state index in [0.717, 1.165) is 25.4 Å². The molecule has 1 aromatic rings. The number of likely N-dealkylation sites (tertiary alicyclic amines) is 1. The molecule has 0 aliphatic carbocycles. The van der Waals surface area contributed by atoms with Crippen LogP contribution < -0.4 is 4.74 Å². The molecule has 3 nitrogen and oxygen atoms in total. The summed E-state index contributed by atoms with van der Waals surface area (Å²) in [7, 11) is 0. The molecule has 1 aliphatic heterocycles. The molecule has 19 heavy (non-hydrogen) atoms. The number of rotatable bonds is 4. The Morgan fingerprint density at radius 3 is 2.26 bits per heavy atom. The van der Waals surface area contributed by atoms with E-state index < -0.39 is 5.60 Å². The lowest BCUT2D eigenvalue weighted by molar-refractivity contribution is -0.0859.